The van der Waals surface area contributed by atoms with Crippen LogP contribution >= 0.6 is 0 Å². The van der Waals surface area contributed by atoms with E-state index in [2.05, 4.69) is 64.1 Å². The largest absolute Gasteiger partial charge is 0.258 e. The highest BCUT2D eigenvalue weighted by atomic mass is 15.4. The molecule has 1 aliphatic rings. The summed E-state index contributed by atoms with van der Waals surface area (Å²) in [7, 11) is 0. The van der Waals surface area contributed by atoms with E-state index < -0.39 is 0 Å². The first-order valence-electron chi connectivity index (χ1n) is 13.2. The van der Waals surface area contributed by atoms with Crippen molar-refractivity contribution in [3.05, 3.63) is 47.5 Å². The average Bonchev–Trinajstić information content (AvgIpc) is 3.02. The van der Waals surface area contributed by atoms with E-state index in [1.807, 2.05) is 0 Å². The average molecular weight is 421 g/mol. The van der Waals surface area contributed by atoms with Crippen molar-refractivity contribution in [2.24, 2.45) is 0 Å². The van der Waals surface area contributed by atoms with Crippen LogP contribution in [0.2, 0.25) is 0 Å². The molecular formula is C30H46N+. The third-order valence-corrected chi connectivity index (χ3v) is 7.31. The first kappa shape index (κ1) is 24.1. The lowest BCUT2D eigenvalue weighted by atomic mass is 10.0. The Kier molecular flexibility index (Phi) is 9.20. The molecule has 2 aromatic rings. The quantitative estimate of drug-likeness (QED) is 0.211. The van der Waals surface area contributed by atoms with E-state index in [9.17, 15) is 0 Å². The molecule has 170 valence electrons. The van der Waals surface area contributed by atoms with Gasteiger partial charge < -0.3 is 0 Å². The van der Waals surface area contributed by atoms with Gasteiger partial charge in [0.15, 0.2) is 0 Å². The van der Waals surface area contributed by atoms with Crippen LogP contribution < -0.4 is 4.48 Å². The number of benzene rings is 2. The summed E-state index contributed by atoms with van der Waals surface area (Å²) in [6.07, 6.45) is 16.5. The van der Waals surface area contributed by atoms with Gasteiger partial charge >= 0.3 is 0 Å². The van der Waals surface area contributed by atoms with Gasteiger partial charge in [0.2, 0.25) is 0 Å². The Bertz CT molecular complexity index is 750. The van der Waals surface area contributed by atoms with Crippen LogP contribution in [0.25, 0.3) is 11.1 Å². The second-order valence-corrected chi connectivity index (χ2v) is 9.99. The minimum absolute atomic E-state index is 1.09. The van der Waals surface area contributed by atoms with Crippen molar-refractivity contribution in [1.29, 1.82) is 0 Å². The summed E-state index contributed by atoms with van der Waals surface area (Å²) < 4.78 is 1.09. The van der Waals surface area contributed by atoms with Gasteiger partial charge in [-0.05, 0) is 62.8 Å². The number of fused-ring (bicyclic) bond motifs is 3. The molecule has 0 aliphatic carbocycles. The van der Waals surface area contributed by atoms with E-state index >= 15 is 0 Å². The summed E-state index contributed by atoms with van der Waals surface area (Å²) in [5.41, 5.74) is 8.91. The molecule has 3 rings (SSSR count). The molecule has 31 heavy (non-hydrogen) atoms. The molecule has 1 nitrogen and oxygen atoms in total. The summed E-state index contributed by atoms with van der Waals surface area (Å²) in [6.45, 7) is 11.7. The Balaban J connectivity index is 1.85. The summed E-state index contributed by atoms with van der Waals surface area (Å²) in [6, 6.07) is 14.4. The molecule has 1 heterocycles. The van der Waals surface area contributed by atoms with Gasteiger partial charge in [-0.25, -0.2) is 0 Å². The molecule has 0 atom stereocenters. The number of hydrogen-bond donors (Lipinski definition) is 0. The Morgan fingerprint density at radius 1 is 0.516 bits per heavy atom. The summed E-state index contributed by atoms with van der Waals surface area (Å²) in [5, 5.41) is 0. The predicted molar refractivity (Wildman–Crippen MR) is 139 cm³/mol. The monoisotopic (exact) mass is 420 g/mol. The van der Waals surface area contributed by atoms with Gasteiger partial charge in [-0.1, -0.05) is 77.3 Å². The van der Waals surface area contributed by atoms with Crippen molar-refractivity contribution in [1.82, 2.24) is 4.48 Å². The number of nitrogens with zero attached hydrogens (tertiary/aromatic N) is 1. The zero-order chi connectivity index (χ0) is 22.1. The fraction of sp³-hybridized carbons (Fsp3) is 0.600. The zero-order valence-electron chi connectivity index (χ0n) is 20.8. The van der Waals surface area contributed by atoms with Crippen LogP contribution in [-0.4, -0.2) is 13.1 Å². The first-order valence-corrected chi connectivity index (χ1v) is 13.2. The molecule has 0 radical (unpaired) electrons. The van der Waals surface area contributed by atoms with Gasteiger partial charge in [-0.3, -0.25) is 4.48 Å². The van der Waals surface area contributed by atoms with Crippen LogP contribution in [0.1, 0.15) is 102 Å². The molecule has 1 aliphatic heterocycles. The molecule has 0 bridgehead atoms. The van der Waals surface area contributed by atoms with Gasteiger partial charge in [0.05, 0.1) is 13.1 Å². The number of rotatable bonds is 14. The van der Waals surface area contributed by atoms with E-state index in [1.54, 1.807) is 11.4 Å². The summed E-state index contributed by atoms with van der Waals surface area (Å²) in [4.78, 5) is 0. The number of unbranched alkanes of at least 4 members (excludes halogenated alkanes) is 10. The minimum atomic E-state index is 1.09. The third-order valence-electron chi connectivity index (χ3n) is 7.31. The summed E-state index contributed by atoms with van der Waals surface area (Å²) >= 11 is 0. The second kappa shape index (κ2) is 11.9. The molecule has 0 amide bonds. The Morgan fingerprint density at radius 3 is 1.32 bits per heavy atom. The topological polar surface area (TPSA) is 0 Å². The lowest BCUT2D eigenvalue weighted by molar-refractivity contribution is 0.360. The summed E-state index contributed by atoms with van der Waals surface area (Å²) in [5.74, 6) is 0. The van der Waals surface area contributed by atoms with Crippen LogP contribution in [0, 0.1) is 13.8 Å². The number of aryl methyl sites for hydroxylation is 2. The molecule has 1 heteroatoms. The van der Waals surface area contributed by atoms with Crippen LogP contribution in [0.4, 0.5) is 11.4 Å². The molecule has 0 fully saturated rings. The second-order valence-electron chi connectivity index (χ2n) is 9.99. The lowest BCUT2D eigenvalue weighted by Crippen LogP contribution is -2.44. The van der Waals surface area contributed by atoms with Crippen LogP contribution in [0.5, 0.6) is 0 Å². The van der Waals surface area contributed by atoms with Crippen LogP contribution in [0.3, 0.4) is 0 Å². The van der Waals surface area contributed by atoms with Crippen LogP contribution in [0.15, 0.2) is 36.4 Å². The smallest absolute Gasteiger partial charge is 0.146 e. The van der Waals surface area contributed by atoms with Crippen molar-refractivity contribution in [2.75, 3.05) is 13.1 Å². The van der Waals surface area contributed by atoms with Crippen molar-refractivity contribution in [2.45, 2.75) is 105 Å². The normalized spacial score (nSPS) is 13.9. The standard InChI is InChI=1S/C30H46N/c1-5-7-9-11-13-15-21-31(22-16-14-12-10-8-6-2)29-23-25(3)17-19-27(29)28-20-18-26(4)24-30(28)31/h17-20,23-24H,5-16,21-22H2,1-4H3/q+1. The maximum absolute atomic E-state index is 2.50. The van der Waals surface area contributed by atoms with Crippen LogP contribution in [-0.2, 0) is 0 Å². The predicted octanol–water partition coefficient (Wildman–Crippen LogP) is 9.64. The molecule has 0 saturated heterocycles. The molecule has 0 aromatic heterocycles. The third kappa shape index (κ3) is 5.80. The number of hydrogen-bond acceptors (Lipinski definition) is 0. The van der Waals surface area contributed by atoms with Crippen molar-refractivity contribution in [3.63, 3.8) is 0 Å². The van der Waals surface area contributed by atoms with Gasteiger partial charge in [0, 0.05) is 23.3 Å². The lowest BCUT2D eigenvalue weighted by Gasteiger charge is -2.36. The maximum atomic E-state index is 2.50. The SMILES string of the molecule is CCCCCCCC[N+]1(CCCCCCCC)c2cc(C)ccc2-c2ccc(C)cc21. The van der Waals surface area contributed by atoms with Gasteiger partial charge in [-0.2, -0.15) is 0 Å². The highest BCUT2D eigenvalue weighted by Gasteiger charge is 2.43. The zero-order valence-corrected chi connectivity index (χ0v) is 20.8. The molecule has 0 saturated carbocycles. The highest BCUT2D eigenvalue weighted by Crippen LogP contribution is 2.53. The minimum Gasteiger partial charge on any atom is -0.258 e. The molecule has 0 N–H and O–H groups in total. The van der Waals surface area contributed by atoms with Gasteiger partial charge in [0.1, 0.15) is 11.4 Å². The molecule has 2 aromatic carbocycles. The Labute approximate surface area is 192 Å². The van der Waals surface area contributed by atoms with E-state index in [-0.39, 0.29) is 0 Å². The molecule has 0 unspecified atom stereocenters. The van der Waals surface area contributed by atoms with E-state index in [1.165, 1.54) is 112 Å². The first-order chi connectivity index (χ1) is 15.1. The van der Waals surface area contributed by atoms with Gasteiger partial charge in [0.25, 0.3) is 0 Å². The fourth-order valence-corrected chi connectivity index (χ4v) is 5.49. The Hall–Kier alpha value is -1.60. The Morgan fingerprint density at radius 2 is 0.903 bits per heavy atom. The maximum Gasteiger partial charge on any atom is 0.146 e. The highest BCUT2D eigenvalue weighted by molar-refractivity contribution is 5.95. The van der Waals surface area contributed by atoms with Crippen molar-refractivity contribution >= 4 is 11.4 Å². The number of quaternary nitrogens is 1. The van der Waals surface area contributed by atoms with E-state index in [0.717, 1.165) is 4.48 Å². The molecular weight excluding hydrogens is 374 g/mol. The van der Waals surface area contributed by atoms with Crippen molar-refractivity contribution < 1.29 is 0 Å². The van der Waals surface area contributed by atoms with E-state index in [4.69, 9.17) is 0 Å². The molecule has 0 spiro atoms. The van der Waals surface area contributed by atoms with Crippen molar-refractivity contribution in [3.8, 4) is 11.1 Å². The van der Waals surface area contributed by atoms with E-state index in [0.29, 0.717) is 0 Å². The van der Waals surface area contributed by atoms with Gasteiger partial charge in [-0.15, -0.1) is 0 Å². The fourth-order valence-electron chi connectivity index (χ4n) is 5.49.